The van der Waals surface area contributed by atoms with Gasteiger partial charge in [-0.1, -0.05) is 128 Å². The molecule has 3 aromatic carbocycles. The zero-order valence-electron chi connectivity index (χ0n) is 30.0. The summed E-state index contributed by atoms with van der Waals surface area (Å²) >= 11 is 0. The molecule has 0 saturated heterocycles. The molecule has 6 heteroatoms. The maximum atomic E-state index is 5.15. The Morgan fingerprint density at radius 1 is 0.438 bits per heavy atom. The Labute approximate surface area is 308 Å². The molecule has 0 aliphatic carbocycles. The second-order valence-electron chi connectivity index (χ2n) is 13.2. The number of fused-ring (bicyclic) bond motifs is 1. The summed E-state index contributed by atoms with van der Waals surface area (Å²) in [6, 6.07) is 33.3. The summed E-state index contributed by atoms with van der Waals surface area (Å²) in [6.07, 6.45) is 0. The molecule has 5 rings (SSSR count). The third kappa shape index (κ3) is 10.3. The van der Waals surface area contributed by atoms with E-state index in [1.54, 1.807) is 0 Å². The molecule has 258 valence electrons. The van der Waals surface area contributed by atoms with Crippen LogP contribution in [-0.2, 0) is 33.0 Å². The van der Waals surface area contributed by atoms with Gasteiger partial charge in [-0.05, 0) is 84.0 Å². The molecular formula is C42H50N4Ni2. The Kier molecular flexibility index (Phi) is 16.1. The normalized spacial score (nSPS) is 11.8. The topological polar surface area (TPSA) is 50.5 Å². The van der Waals surface area contributed by atoms with E-state index >= 15 is 0 Å². The molecule has 5 aromatic rings. The van der Waals surface area contributed by atoms with E-state index in [1.165, 1.54) is 22.3 Å². The Morgan fingerprint density at radius 2 is 0.729 bits per heavy atom. The molecule has 48 heavy (non-hydrogen) atoms. The van der Waals surface area contributed by atoms with E-state index < -0.39 is 0 Å². The molecule has 2 aromatic heterocycles. The van der Waals surface area contributed by atoms with Crippen LogP contribution in [0.15, 0.2) is 107 Å². The monoisotopic (exact) mass is 726 g/mol. The maximum absolute atomic E-state index is 5.15. The minimum Gasteiger partial charge on any atom is -0.251 e. The summed E-state index contributed by atoms with van der Waals surface area (Å²) < 4.78 is 0. The van der Waals surface area contributed by atoms with Crippen LogP contribution in [0.4, 0.5) is 11.4 Å². The standard InChI is InChI=1S/C36H44N4.C6H6.2Ni/c1-21(2)28-13-11-14-29(22(3)4)34(28)37-25(9)32-19-17-27-18-20-33(40-36(27)39-32)26(10)38-35-30(23(5)6)15-12-16-31(35)24(7)8;1-2-4-6-5-3-1;;/h11-24H,1-10H3;1-6H;;. The predicted molar refractivity (Wildman–Crippen MR) is 199 cm³/mol. The van der Waals surface area contributed by atoms with Gasteiger partial charge in [0, 0.05) is 38.4 Å². The minimum absolute atomic E-state index is 0. The number of nitrogens with zero attached hydrogens (tertiary/aromatic N) is 4. The molecule has 4 nitrogen and oxygen atoms in total. The van der Waals surface area contributed by atoms with Crippen molar-refractivity contribution < 1.29 is 33.0 Å². The molecule has 0 spiro atoms. The van der Waals surface area contributed by atoms with Crippen molar-refractivity contribution in [3.8, 4) is 0 Å². The van der Waals surface area contributed by atoms with Crippen molar-refractivity contribution in [2.24, 2.45) is 9.98 Å². The molecule has 0 amide bonds. The SMILES string of the molecule is CC(=Nc1c(C(C)C)cccc1C(C)C)c1ccc2ccc(C(C)=Nc3c(C(C)C)cccc3C(C)C)nc2n1.[Ni].[Ni].c1ccccc1. The molecule has 0 aliphatic heterocycles. The van der Waals surface area contributed by atoms with Gasteiger partial charge in [0.2, 0.25) is 0 Å². The fourth-order valence-corrected chi connectivity index (χ4v) is 5.52. The molecule has 0 fully saturated rings. The van der Waals surface area contributed by atoms with Crippen molar-refractivity contribution in [3.63, 3.8) is 0 Å². The quantitative estimate of drug-likeness (QED) is 0.118. The average molecular weight is 728 g/mol. The van der Waals surface area contributed by atoms with Gasteiger partial charge in [-0.3, -0.25) is 9.98 Å². The summed E-state index contributed by atoms with van der Waals surface area (Å²) in [5, 5.41) is 1.00. The number of para-hydroxylation sites is 2. The zero-order valence-corrected chi connectivity index (χ0v) is 31.9. The van der Waals surface area contributed by atoms with Gasteiger partial charge >= 0.3 is 0 Å². The van der Waals surface area contributed by atoms with Gasteiger partial charge in [0.05, 0.1) is 34.2 Å². The number of hydrogen-bond donors (Lipinski definition) is 0. The number of pyridine rings is 2. The Morgan fingerprint density at radius 3 is 1.00 bits per heavy atom. The molecule has 0 atom stereocenters. The van der Waals surface area contributed by atoms with E-state index in [0.29, 0.717) is 29.3 Å². The number of aliphatic imine (C=N–C) groups is 2. The van der Waals surface area contributed by atoms with Crippen molar-refractivity contribution in [2.45, 2.75) is 92.9 Å². The van der Waals surface area contributed by atoms with Gasteiger partial charge in [-0.25, -0.2) is 9.97 Å². The largest absolute Gasteiger partial charge is 0.251 e. The number of hydrogen-bond acceptors (Lipinski definition) is 4. The fourth-order valence-electron chi connectivity index (χ4n) is 5.52. The Hall–Kier alpha value is -3.45. The van der Waals surface area contributed by atoms with Crippen LogP contribution in [0.1, 0.15) is 127 Å². The van der Waals surface area contributed by atoms with Gasteiger partial charge in [-0.2, -0.15) is 0 Å². The number of aromatic nitrogens is 2. The smallest absolute Gasteiger partial charge is 0.160 e. The molecule has 0 unspecified atom stereocenters. The van der Waals surface area contributed by atoms with Crippen molar-refractivity contribution in [2.75, 3.05) is 0 Å². The van der Waals surface area contributed by atoms with Gasteiger partial charge in [0.25, 0.3) is 0 Å². The van der Waals surface area contributed by atoms with Crippen LogP contribution in [0.2, 0.25) is 0 Å². The van der Waals surface area contributed by atoms with E-state index in [0.717, 1.165) is 39.6 Å². The first-order chi connectivity index (χ1) is 22.0. The predicted octanol–water partition coefficient (Wildman–Crippen LogP) is 12.1. The van der Waals surface area contributed by atoms with Crippen LogP contribution in [0.5, 0.6) is 0 Å². The van der Waals surface area contributed by atoms with Crippen molar-refractivity contribution in [1.29, 1.82) is 0 Å². The average Bonchev–Trinajstić information content (AvgIpc) is 3.05. The van der Waals surface area contributed by atoms with Crippen molar-refractivity contribution in [1.82, 2.24) is 9.97 Å². The van der Waals surface area contributed by atoms with E-state index in [2.05, 4.69) is 104 Å². The first-order valence-corrected chi connectivity index (χ1v) is 16.6. The molecule has 0 bridgehead atoms. The first kappa shape index (κ1) is 40.7. The van der Waals surface area contributed by atoms with Crippen LogP contribution in [0.3, 0.4) is 0 Å². The van der Waals surface area contributed by atoms with Crippen LogP contribution >= 0.6 is 0 Å². The van der Waals surface area contributed by atoms with Crippen LogP contribution < -0.4 is 0 Å². The molecule has 0 N–H and O–H groups in total. The summed E-state index contributed by atoms with van der Waals surface area (Å²) in [6.45, 7) is 21.9. The summed E-state index contributed by atoms with van der Waals surface area (Å²) in [4.78, 5) is 20.2. The number of rotatable bonds is 8. The molecular weight excluding hydrogens is 678 g/mol. The van der Waals surface area contributed by atoms with Gasteiger partial charge < -0.3 is 0 Å². The third-order valence-corrected chi connectivity index (χ3v) is 8.20. The third-order valence-electron chi connectivity index (χ3n) is 8.20. The van der Waals surface area contributed by atoms with Crippen molar-refractivity contribution >= 4 is 33.8 Å². The van der Waals surface area contributed by atoms with Crippen LogP contribution in [0, 0.1) is 0 Å². The van der Waals surface area contributed by atoms with Crippen LogP contribution in [0.25, 0.3) is 11.0 Å². The number of benzene rings is 3. The maximum Gasteiger partial charge on any atom is 0.160 e. The van der Waals surface area contributed by atoms with Gasteiger partial charge in [-0.15, -0.1) is 0 Å². The summed E-state index contributed by atoms with van der Waals surface area (Å²) in [7, 11) is 0. The molecule has 0 aliphatic rings. The second-order valence-corrected chi connectivity index (χ2v) is 13.2. The zero-order chi connectivity index (χ0) is 33.4. The van der Waals surface area contributed by atoms with E-state index in [1.807, 2.05) is 62.4 Å². The fraction of sp³-hybridized carbons (Fsp3) is 0.333. The second kappa shape index (κ2) is 18.9. The Bertz CT molecular complexity index is 1630. The van der Waals surface area contributed by atoms with Gasteiger partial charge in [0.15, 0.2) is 5.65 Å². The molecule has 0 saturated carbocycles. The first-order valence-electron chi connectivity index (χ1n) is 16.6. The summed E-state index contributed by atoms with van der Waals surface area (Å²) in [5.74, 6) is 1.55. The van der Waals surface area contributed by atoms with Crippen LogP contribution in [-0.4, -0.2) is 21.4 Å². The minimum atomic E-state index is 0. The van der Waals surface area contributed by atoms with E-state index in [9.17, 15) is 0 Å². The van der Waals surface area contributed by atoms with Crippen molar-refractivity contribution in [3.05, 3.63) is 131 Å². The van der Waals surface area contributed by atoms with E-state index in [4.69, 9.17) is 20.0 Å². The molecule has 0 radical (unpaired) electrons. The Balaban J connectivity index is 0.000000901. The van der Waals surface area contributed by atoms with E-state index in [-0.39, 0.29) is 33.0 Å². The molecule has 2 heterocycles. The summed E-state index contributed by atoms with van der Waals surface area (Å²) in [5.41, 5.74) is 11.4. The van der Waals surface area contributed by atoms with Gasteiger partial charge in [0.1, 0.15) is 0 Å².